The quantitative estimate of drug-likeness (QED) is 0.389. The Kier molecular flexibility index (Phi) is 9.38. The standard InChI is InChI=1S/C14H30N2O3/c1-4-16-14-13(19-14)7-6-9-18-10-8-12(15-3)11-17-5-2/h12-16H,4-11H2,1-3H3. The molecule has 1 rings (SSSR count). The van der Waals surface area contributed by atoms with E-state index in [0.29, 0.717) is 18.4 Å². The predicted molar refractivity (Wildman–Crippen MR) is 76.3 cm³/mol. The molecule has 0 bridgehead atoms. The Balaban J connectivity index is 1.85. The second-order valence-corrected chi connectivity index (χ2v) is 4.84. The lowest BCUT2D eigenvalue weighted by Gasteiger charge is -2.15. The number of hydrogen-bond acceptors (Lipinski definition) is 5. The topological polar surface area (TPSA) is 55.0 Å². The maximum Gasteiger partial charge on any atom is 0.135 e. The Morgan fingerprint density at radius 3 is 2.74 bits per heavy atom. The molecular formula is C14H30N2O3. The zero-order valence-electron chi connectivity index (χ0n) is 12.6. The van der Waals surface area contributed by atoms with Gasteiger partial charge in [-0.2, -0.15) is 0 Å². The first-order chi connectivity index (χ1) is 9.31. The summed E-state index contributed by atoms with van der Waals surface area (Å²) < 4.78 is 16.5. The summed E-state index contributed by atoms with van der Waals surface area (Å²) in [4.78, 5) is 0. The molecule has 114 valence electrons. The van der Waals surface area contributed by atoms with Crippen molar-refractivity contribution in [2.45, 2.75) is 51.5 Å². The minimum atomic E-state index is 0.296. The number of likely N-dealkylation sites (N-methyl/N-ethyl adjacent to an activating group) is 2. The second-order valence-electron chi connectivity index (χ2n) is 4.84. The monoisotopic (exact) mass is 274 g/mol. The molecule has 0 aromatic carbocycles. The molecule has 0 aliphatic carbocycles. The zero-order chi connectivity index (χ0) is 13.9. The van der Waals surface area contributed by atoms with Crippen molar-refractivity contribution in [3.8, 4) is 0 Å². The summed E-state index contributed by atoms with van der Waals surface area (Å²) >= 11 is 0. The lowest BCUT2D eigenvalue weighted by Crippen LogP contribution is -2.31. The molecule has 0 spiro atoms. The Hall–Kier alpha value is -0.200. The molecule has 0 radical (unpaired) electrons. The Labute approximate surface area is 117 Å². The van der Waals surface area contributed by atoms with Gasteiger partial charge >= 0.3 is 0 Å². The highest BCUT2D eigenvalue weighted by Crippen LogP contribution is 2.23. The molecule has 1 fully saturated rings. The summed E-state index contributed by atoms with van der Waals surface area (Å²) in [5.74, 6) is 0. The second kappa shape index (κ2) is 10.6. The molecule has 19 heavy (non-hydrogen) atoms. The van der Waals surface area contributed by atoms with Gasteiger partial charge in [0.05, 0.1) is 12.7 Å². The lowest BCUT2D eigenvalue weighted by atomic mass is 10.2. The van der Waals surface area contributed by atoms with Gasteiger partial charge in [-0.25, -0.2) is 0 Å². The summed E-state index contributed by atoms with van der Waals surface area (Å²) in [6.45, 7) is 8.24. The van der Waals surface area contributed by atoms with E-state index in [0.717, 1.165) is 52.2 Å². The van der Waals surface area contributed by atoms with E-state index in [1.165, 1.54) is 0 Å². The van der Waals surface area contributed by atoms with Gasteiger partial charge in [-0.15, -0.1) is 0 Å². The maximum atomic E-state index is 5.65. The van der Waals surface area contributed by atoms with Gasteiger partial charge in [0.15, 0.2) is 0 Å². The van der Waals surface area contributed by atoms with E-state index < -0.39 is 0 Å². The van der Waals surface area contributed by atoms with Crippen LogP contribution in [-0.2, 0) is 14.2 Å². The Bertz CT molecular complexity index is 217. The number of nitrogens with one attached hydrogen (secondary N) is 2. The molecule has 2 N–H and O–H groups in total. The fourth-order valence-corrected chi connectivity index (χ4v) is 2.03. The van der Waals surface area contributed by atoms with Crippen molar-refractivity contribution in [2.75, 3.05) is 40.0 Å². The van der Waals surface area contributed by atoms with Crippen LogP contribution in [-0.4, -0.2) is 58.4 Å². The van der Waals surface area contributed by atoms with Crippen molar-refractivity contribution in [2.24, 2.45) is 0 Å². The summed E-state index contributed by atoms with van der Waals surface area (Å²) in [6.07, 6.45) is 3.86. The molecule has 5 nitrogen and oxygen atoms in total. The molecule has 0 saturated carbocycles. The van der Waals surface area contributed by atoms with Gasteiger partial charge < -0.3 is 19.5 Å². The van der Waals surface area contributed by atoms with E-state index in [1.807, 2.05) is 14.0 Å². The van der Waals surface area contributed by atoms with E-state index in [-0.39, 0.29) is 0 Å². The molecular weight excluding hydrogens is 244 g/mol. The van der Waals surface area contributed by atoms with Crippen LogP contribution >= 0.6 is 0 Å². The van der Waals surface area contributed by atoms with Crippen LogP contribution in [0.25, 0.3) is 0 Å². The third kappa shape index (κ3) is 7.84. The molecule has 1 saturated heterocycles. The van der Waals surface area contributed by atoms with Crippen LogP contribution < -0.4 is 10.6 Å². The minimum Gasteiger partial charge on any atom is -0.381 e. The molecule has 1 heterocycles. The van der Waals surface area contributed by atoms with Crippen molar-refractivity contribution in [3.05, 3.63) is 0 Å². The van der Waals surface area contributed by atoms with Crippen LogP contribution in [0.4, 0.5) is 0 Å². The molecule has 1 aliphatic heterocycles. The maximum absolute atomic E-state index is 5.65. The zero-order valence-corrected chi connectivity index (χ0v) is 12.6. The minimum absolute atomic E-state index is 0.296. The van der Waals surface area contributed by atoms with Crippen LogP contribution in [0.2, 0.25) is 0 Å². The van der Waals surface area contributed by atoms with E-state index in [2.05, 4.69) is 17.6 Å². The van der Waals surface area contributed by atoms with Crippen molar-refractivity contribution in [1.82, 2.24) is 10.6 Å². The normalized spacial score (nSPS) is 23.5. The number of epoxide rings is 1. The van der Waals surface area contributed by atoms with E-state index in [9.17, 15) is 0 Å². The van der Waals surface area contributed by atoms with Gasteiger partial charge in [-0.1, -0.05) is 6.92 Å². The van der Waals surface area contributed by atoms with Crippen molar-refractivity contribution in [1.29, 1.82) is 0 Å². The number of hydrogen-bond donors (Lipinski definition) is 2. The van der Waals surface area contributed by atoms with E-state index in [1.54, 1.807) is 0 Å². The molecule has 3 atom stereocenters. The highest BCUT2D eigenvalue weighted by molar-refractivity contribution is 4.81. The largest absolute Gasteiger partial charge is 0.381 e. The first-order valence-corrected chi connectivity index (χ1v) is 7.53. The summed E-state index contributed by atoms with van der Waals surface area (Å²) in [5.41, 5.74) is 0. The average Bonchev–Trinajstić information content (AvgIpc) is 3.16. The summed E-state index contributed by atoms with van der Waals surface area (Å²) in [5, 5.41) is 6.52. The van der Waals surface area contributed by atoms with E-state index >= 15 is 0 Å². The first kappa shape index (κ1) is 16.9. The molecule has 5 heteroatoms. The van der Waals surface area contributed by atoms with Crippen LogP contribution in [0.3, 0.4) is 0 Å². The molecule has 1 aliphatic rings. The number of rotatable bonds is 13. The van der Waals surface area contributed by atoms with Gasteiger partial charge in [0.2, 0.25) is 0 Å². The highest BCUT2D eigenvalue weighted by Gasteiger charge is 2.36. The van der Waals surface area contributed by atoms with Crippen LogP contribution in [0.15, 0.2) is 0 Å². The van der Waals surface area contributed by atoms with Gasteiger partial charge in [0.25, 0.3) is 0 Å². The van der Waals surface area contributed by atoms with Crippen LogP contribution in [0, 0.1) is 0 Å². The van der Waals surface area contributed by atoms with E-state index in [4.69, 9.17) is 14.2 Å². The Morgan fingerprint density at radius 1 is 1.21 bits per heavy atom. The highest BCUT2D eigenvalue weighted by atomic mass is 16.6. The van der Waals surface area contributed by atoms with Crippen molar-refractivity contribution >= 4 is 0 Å². The van der Waals surface area contributed by atoms with Crippen LogP contribution in [0.5, 0.6) is 0 Å². The van der Waals surface area contributed by atoms with Gasteiger partial charge in [0.1, 0.15) is 6.23 Å². The SMILES string of the molecule is CCNC1OC1CCCOCCC(COCC)NC. The van der Waals surface area contributed by atoms with Crippen molar-refractivity contribution in [3.63, 3.8) is 0 Å². The van der Waals surface area contributed by atoms with Gasteiger partial charge in [-0.05, 0) is 39.8 Å². The summed E-state index contributed by atoms with van der Waals surface area (Å²) in [6, 6.07) is 0.393. The third-order valence-corrected chi connectivity index (χ3v) is 3.31. The van der Waals surface area contributed by atoms with Gasteiger partial charge in [-0.3, -0.25) is 5.32 Å². The predicted octanol–water partition coefficient (Wildman–Crippen LogP) is 1.13. The molecule has 0 amide bonds. The lowest BCUT2D eigenvalue weighted by molar-refractivity contribution is 0.0881. The van der Waals surface area contributed by atoms with Gasteiger partial charge in [0, 0.05) is 25.9 Å². The fourth-order valence-electron chi connectivity index (χ4n) is 2.03. The average molecular weight is 274 g/mol. The number of ether oxygens (including phenoxy) is 3. The fraction of sp³-hybridized carbons (Fsp3) is 1.00. The first-order valence-electron chi connectivity index (χ1n) is 7.53. The third-order valence-electron chi connectivity index (χ3n) is 3.31. The molecule has 0 aromatic rings. The molecule has 0 aromatic heterocycles. The van der Waals surface area contributed by atoms with Crippen LogP contribution in [0.1, 0.15) is 33.1 Å². The van der Waals surface area contributed by atoms with Crippen molar-refractivity contribution < 1.29 is 14.2 Å². The molecule has 3 unspecified atom stereocenters. The summed E-state index contributed by atoms with van der Waals surface area (Å²) in [7, 11) is 1.97. The Morgan fingerprint density at radius 2 is 2.05 bits per heavy atom. The smallest absolute Gasteiger partial charge is 0.135 e.